The fraction of sp³-hybridized carbons (Fsp3) is 0.333. The third-order valence-electron chi connectivity index (χ3n) is 3.73. The Morgan fingerprint density at radius 1 is 1.15 bits per heavy atom. The van der Waals surface area contributed by atoms with E-state index in [-0.39, 0.29) is 0 Å². The minimum Gasteiger partial charge on any atom is -0.351 e. The van der Waals surface area contributed by atoms with E-state index in [4.69, 9.17) is 5.73 Å². The fourth-order valence-corrected chi connectivity index (χ4v) is 2.90. The van der Waals surface area contributed by atoms with Crippen LogP contribution >= 0.6 is 15.9 Å². The highest BCUT2D eigenvalue weighted by Gasteiger charge is 2.24. The lowest BCUT2D eigenvalue weighted by Crippen LogP contribution is -2.36. The lowest BCUT2D eigenvalue weighted by atomic mass is 10.1. The maximum atomic E-state index is 5.80. The second-order valence-electron chi connectivity index (χ2n) is 5.01. The average Bonchev–Trinajstić information content (AvgIpc) is 2.97. The third kappa shape index (κ3) is 2.69. The molecule has 1 atom stereocenters. The van der Waals surface area contributed by atoms with Crippen LogP contribution < -0.4 is 10.6 Å². The second kappa shape index (κ2) is 5.89. The van der Waals surface area contributed by atoms with E-state index in [1.165, 1.54) is 6.42 Å². The number of benzene rings is 1. The summed E-state index contributed by atoms with van der Waals surface area (Å²) in [6.45, 7) is 1.70. The molecule has 1 aromatic carbocycles. The molecule has 2 aromatic rings. The van der Waals surface area contributed by atoms with Crippen LogP contribution in [0.15, 0.2) is 40.9 Å². The van der Waals surface area contributed by atoms with Gasteiger partial charge in [-0.3, -0.25) is 0 Å². The zero-order valence-electron chi connectivity index (χ0n) is 11.2. The van der Waals surface area contributed by atoms with Gasteiger partial charge in [-0.05, 0) is 37.1 Å². The first-order valence-electron chi connectivity index (χ1n) is 6.84. The van der Waals surface area contributed by atoms with Gasteiger partial charge in [0.05, 0.1) is 5.69 Å². The standard InChI is InChI=1S/C15H17BrN4/c16-12-5-3-11(4-6-12)14-7-8-15(19-18-14)20-9-1-2-13(20)10-17/h3-8,13H,1-2,9-10,17H2. The number of nitrogens with zero attached hydrogens (tertiary/aromatic N) is 3. The van der Waals surface area contributed by atoms with E-state index in [0.717, 1.165) is 34.5 Å². The number of halogens is 1. The predicted octanol–water partition coefficient (Wildman–Crippen LogP) is 2.83. The Balaban J connectivity index is 1.82. The number of aromatic nitrogens is 2. The molecule has 1 aliphatic rings. The first-order valence-corrected chi connectivity index (χ1v) is 7.63. The van der Waals surface area contributed by atoms with Gasteiger partial charge in [-0.2, -0.15) is 0 Å². The molecule has 1 aliphatic heterocycles. The van der Waals surface area contributed by atoms with Gasteiger partial charge in [0.2, 0.25) is 0 Å². The van der Waals surface area contributed by atoms with E-state index in [2.05, 4.69) is 31.0 Å². The summed E-state index contributed by atoms with van der Waals surface area (Å²) in [5.74, 6) is 0.929. The summed E-state index contributed by atoms with van der Waals surface area (Å²) in [7, 11) is 0. The number of hydrogen-bond acceptors (Lipinski definition) is 4. The summed E-state index contributed by atoms with van der Waals surface area (Å²) in [5, 5.41) is 8.71. The molecule has 1 unspecified atom stereocenters. The number of hydrogen-bond donors (Lipinski definition) is 1. The van der Waals surface area contributed by atoms with Crippen molar-refractivity contribution >= 4 is 21.7 Å². The van der Waals surface area contributed by atoms with E-state index in [0.29, 0.717) is 12.6 Å². The van der Waals surface area contributed by atoms with Gasteiger partial charge in [0.1, 0.15) is 0 Å². The molecule has 5 heteroatoms. The van der Waals surface area contributed by atoms with Crippen LogP contribution in [0.5, 0.6) is 0 Å². The molecule has 2 heterocycles. The van der Waals surface area contributed by atoms with Gasteiger partial charge in [-0.15, -0.1) is 10.2 Å². The molecule has 0 aliphatic carbocycles. The van der Waals surface area contributed by atoms with Crippen molar-refractivity contribution in [1.82, 2.24) is 10.2 Å². The highest BCUT2D eigenvalue weighted by molar-refractivity contribution is 9.10. The quantitative estimate of drug-likeness (QED) is 0.938. The first-order chi connectivity index (χ1) is 9.78. The smallest absolute Gasteiger partial charge is 0.151 e. The summed E-state index contributed by atoms with van der Waals surface area (Å²) < 4.78 is 1.06. The van der Waals surface area contributed by atoms with Gasteiger partial charge in [0, 0.05) is 29.2 Å². The zero-order valence-corrected chi connectivity index (χ0v) is 12.8. The van der Waals surface area contributed by atoms with E-state index in [1.807, 2.05) is 36.4 Å². The van der Waals surface area contributed by atoms with Crippen LogP contribution in [0.1, 0.15) is 12.8 Å². The van der Waals surface area contributed by atoms with Crippen LogP contribution in [0, 0.1) is 0 Å². The lowest BCUT2D eigenvalue weighted by molar-refractivity contribution is 0.668. The fourth-order valence-electron chi connectivity index (χ4n) is 2.64. The zero-order chi connectivity index (χ0) is 13.9. The molecular weight excluding hydrogens is 316 g/mol. The van der Waals surface area contributed by atoms with Crippen LogP contribution in [0.25, 0.3) is 11.3 Å². The number of nitrogens with two attached hydrogens (primary N) is 1. The van der Waals surface area contributed by atoms with Gasteiger partial charge in [0.25, 0.3) is 0 Å². The van der Waals surface area contributed by atoms with E-state index in [9.17, 15) is 0 Å². The molecule has 0 bridgehead atoms. The lowest BCUT2D eigenvalue weighted by Gasteiger charge is -2.23. The summed E-state index contributed by atoms with van der Waals surface area (Å²) in [6, 6.07) is 12.6. The summed E-state index contributed by atoms with van der Waals surface area (Å²) in [6.07, 6.45) is 2.32. The van der Waals surface area contributed by atoms with Gasteiger partial charge >= 0.3 is 0 Å². The Kier molecular flexibility index (Phi) is 3.98. The molecule has 0 amide bonds. The minimum atomic E-state index is 0.405. The Labute approximate surface area is 127 Å². The Morgan fingerprint density at radius 3 is 2.60 bits per heavy atom. The van der Waals surface area contributed by atoms with Crippen LogP contribution in [0.4, 0.5) is 5.82 Å². The van der Waals surface area contributed by atoms with Gasteiger partial charge < -0.3 is 10.6 Å². The van der Waals surface area contributed by atoms with Crippen molar-refractivity contribution in [2.24, 2.45) is 5.73 Å². The molecule has 0 spiro atoms. The SMILES string of the molecule is NCC1CCCN1c1ccc(-c2ccc(Br)cc2)nn1. The maximum absolute atomic E-state index is 5.80. The summed E-state index contributed by atoms with van der Waals surface area (Å²) in [5.41, 5.74) is 7.77. The predicted molar refractivity (Wildman–Crippen MR) is 84.6 cm³/mol. The highest BCUT2D eigenvalue weighted by Crippen LogP contribution is 2.25. The van der Waals surface area contributed by atoms with Crippen LogP contribution in [-0.2, 0) is 0 Å². The van der Waals surface area contributed by atoms with Gasteiger partial charge in [0.15, 0.2) is 5.82 Å². The van der Waals surface area contributed by atoms with Crippen molar-refractivity contribution in [2.75, 3.05) is 18.0 Å². The molecule has 104 valence electrons. The average molecular weight is 333 g/mol. The minimum absolute atomic E-state index is 0.405. The monoisotopic (exact) mass is 332 g/mol. The largest absolute Gasteiger partial charge is 0.351 e. The summed E-state index contributed by atoms with van der Waals surface area (Å²) >= 11 is 3.43. The Bertz CT molecular complexity index is 567. The van der Waals surface area contributed by atoms with Crippen LogP contribution in [0.3, 0.4) is 0 Å². The summed E-state index contributed by atoms with van der Waals surface area (Å²) in [4.78, 5) is 2.26. The molecule has 20 heavy (non-hydrogen) atoms. The van der Waals surface area contributed by atoms with E-state index < -0.39 is 0 Å². The van der Waals surface area contributed by atoms with E-state index in [1.54, 1.807) is 0 Å². The molecule has 2 N–H and O–H groups in total. The van der Waals surface area contributed by atoms with Crippen molar-refractivity contribution in [1.29, 1.82) is 0 Å². The highest BCUT2D eigenvalue weighted by atomic mass is 79.9. The Morgan fingerprint density at radius 2 is 1.95 bits per heavy atom. The second-order valence-corrected chi connectivity index (χ2v) is 5.92. The number of rotatable bonds is 3. The topological polar surface area (TPSA) is 55.0 Å². The molecule has 4 nitrogen and oxygen atoms in total. The molecule has 1 saturated heterocycles. The molecule has 1 aromatic heterocycles. The Hall–Kier alpha value is -1.46. The van der Waals surface area contributed by atoms with Crippen LogP contribution in [0.2, 0.25) is 0 Å². The maximum Gasteiger partial charge on any atom is 0.151 e. The molecule has 3 rings (SSSR count). The molecule has 1 fully saturated rings. The molecular formula is C15H17BrN4. The van der Waals surface area contributed by atoms with Crippen molar-refractivity contribution in [2.45, 2.75) is 18.9 Å². The van der Waals surface area contributed by atoms with Gasteiger partial charge in [-0.1, -0.05) is 28.1 Å². The normalized spacial score (nSPS) is 18.5. The van der Waals surface area contributed by atoms with Crippen molar-refractivity contribution in [3.05, 3.63) is 40.9 Å². The van der Waals surface area contributed by atoms with E-state index >= 15 is 0 Å². The van der Waals surface area contributed by atoms with Crippen molar-refractivity contribution < 1.29 is 0 Å². The molecule has 0 saturated carbocycles. The van der Waals surface area contributed by atoms with Crippen molar-refractivity contribution in [3.8, 4) is 11.3 Å². The van der Waals surface area contributed by atoms with Gasteiger partial charge in [-0.25, -0.2) is 0 Å². The number of anilines is 1. The van der Waals surface area contributed by atoms with Crippen molar-refractivity contribution in [3.63, 3.8) is 0 Å². The molecule has 0 radical (unpaired) electrons. The first kappa shape index (κ1) is 13.5. The van der Waals surface area contributed by atoms with Crippen LogP contribution in [-0.4, -0.2) is 29.3 Å². The third-order valence-corrected chi connectivity index (χ3v) is 4.26.